The Kier molecular flexibility index (Phi) is 4.57. The van der Waals surface area contributed by atoms with E-state index in [9.17, 15) is 4.79 Å². The molecule has 1 aliphatic heterocycles. The van der Waals surface area contributed by atoms with Gasteiger partial charge in [0.2, 0.25) is 0 Å². The van der Waals surface area contributed by atoms with Gasteiger partial charge in [0.25, 0.3) is 5.91 Å². The van der Waals surface area contributed by atoms with Crippen LogP contribution in [-0.2, 0) is 13.5 Å². The third-order valence-electron chi connectivity index (χ3n) is 4.34. The molecule has 2 aromatic rings. The molecule has 0 bridgehead atoms. The molecule has 0 spiro atoms. The second-order valence-electron chi connectivity index (χ2n) is 5.81. The Hall–Kier alpha value is -2.01. The number of nitrogens with zero attached hydrogens (tertiary/aromatic N) is 3. The van der Waals surface area contributed by atoms with Crippen molar-refractivity contribution in [3.63, 3.8) is 0 Å². The van der Waals surface area contributed by atoms with Crippen molar-refractivity contribution < 1.29 is 9.53 Å². The minimum absolute atomic E-state index is 0.0413. The van der Waals surface area contributed by atoms with Crippen LogP contribution in [0, 0.1) is 0 Å². The number of likely N-dealkylation sites (tertiary alicyclic amines) is 1. The summed E-state index contributed by atoms with van der Waals surface area (Å²) in [6, 6.07) is 8.18. The van der Waals surface area contributed by atoms with Gasteiger partial charge in [0.05, 0.1) is 18.3 Å². The van der Waals surface area contributed by atoms with Gasteiger partial charge in [-0.15, -0.1) is 0 Å². The van der Waals surface area contributed by atoms with E-state index in [0.29, 0.717) is 10.7 Å². The first-order chi connectivity index (χ1) is 11.1. The summed E-state index contributed by atoms with van der Waals surface area (Å²) in [4.78, 5) is 14.7. The first-order valence-corrected chi connectivity index (χ1v) is 8.09. The molecule has 6 heteroatoms. The first-order valence-electron chi connectivity index (χ1n) is 7.71. The molecular formula is C17H20ClN3O2. The molecular weight excluding hydrogens is 314 g/mol. The van der Waals surface area contributed by atoms with Crippen molar-refractivity contribution in [1.29, 1.82) is 0 Å². The summed E-state index contributed by atoms with van der Waals surface area (Å²) in [6.07, 6.45) is 4.34. The van der Waals surface area contributed by atoms with Crippen molar-refractivity contribution in [2.75, 3.05) is 13.7 Å². The fraction of sp³-hybridized carbons (Fsp3) is 0.412. The summed E-state index contributed by atoms with van der Waals surface area (Å²) < 4.78 is 6.82. The van der Waals surface area contributed by atoms with E-state index in [-0.39, 0.29) is 11.9 Å². The molecule has 1 aromatic heterocycles. The minimum atomic E-state index is -0.0413. The number of carbonyl (C=O) groups excluding carboxylic acids is 1. The minimum Gasteiger partial charge on any atom is -0.497 e. The zero-order chi connectivity index (χ0) is 16.4. The van der Waals surface area contributed by atoms with Crippen LogP contribution in [-0.4, -0.2) is 40.3 Å². The molecule has 5 nitrogen and oxygen atoms in total. The maximum Gasteiger partial charge on any atom is 0.273 e. The monoisotopic (exact) mass is 333 g/mol. The molecule has 23 heavy (non-hydrogen) atoms. The van der Waals surface area contributed by atoms with Crippen molar-refractivity contribution in [3.05, 3.63) is 46.7 Å². The Morgan fingerprint density at radius 3 is 3.00 bits per heavy atom. The number of amides is 1. The molecule has 0 N–H and O–H groups in total. The summed E-state index contributed by atoms with van der Waals surface area (Å²) in [5.74, 6) is 0.799. The van der Waals surface area contributed by atoms with Crippen molar-refractivity contribution >= 4 is 17.5 Å². The fourth-order valence-corrected chi connectivity index (χ4v) is 3.42. The number of rotatable bonds is 4. The Morgan fingerprint density at radius 2 is 2.30 bits per heavy atom. The molecule has 0 aliphatic carbocycles. The van der Waals surface area contributed by atoms with E-state index in [1.54, 1.807) is 18.8 Å². The van der Waals surface area contributed by atoms with Crippen LogP contribution in [0.2, 0.25) is 5.02 Å². The van der Waals surface area contributed by atoms with Crippen LogP contribution >= 0.6 is 11.6 Å². The van der Waals surface area contributed by atoms with E-state index in [2.05, 4.69) is 11.2 Å². The highest BCUT2D eigenvalue weighted by molar-refractivity contribution is 6.33. The molecule has 1 aromatic carbocycles. The van der Waals surface area contributed by atoms with Gasteiger partial charge in [-0.1, -0.05) is 23.7 Å². The lowest BCUT2D eigenvalue weighted by molar-refractivity contribution is 0.0725. The van der Waals surface area contributed by atoms with E-state index < -0.39 is 0 Å². The molecule has 122 valence electrons. The van der Waals surface area contributed by atoms with E-state index in [1.807, 2.05) is 23.1 Å². The van der Waals surface area contributed by atoms with Crippen LogP contribution in [0.3, 0.4) is 0 Å². The summed E-state index contributed by atoms with van der Waals surface area (Å²) in [7, 11) is 3.40. The van der Waals surface area contributed by atoms with Gasteiger partial charge in [-0.3, -0.25) is 9.48 Å². The highest BCUT2D eigenvalue weighted by atomic mass is 35.5. The number of halogens is 1. The quantitative estimate of drug-likeness (QED) is 0.864. The van der Waals surface area contributed by atoms with Gasteiger partial charge in [0, 0.05) is 19.6 Å². The molecule has 1 saturated heterocycles. The van der Waals surface area contributed by atoms with Gasteiger partial charge in [0.15, 0.2) is 0 Å². The van der Waals surface area contributed by atoms with E-state index in [1.165, 1.54) is 11.8 Å². The maximum absolute atomic E-state index is 12.8. The number of ether oxygens (including phenoxy) is 1. The normalized spacial score (nSPS) is 17.5. The summed E-state index contributed by atoms with van der Waals surface area (Å²) >= 11 is 6.12. The van der Waals surface area contributed by atoms with Gasteiger partial charge in [-0.25, -0.2) is 0 Å². The smallest absolute Gasteiger partial charge is 0.273 e. The zero-order valence-electron chi connectivity index (χ0n) is 13.3. The third-order valence-corrected chi connectivity index (χ3v) is 4.62. The summed E-state index contributed by atoms with van der Waals surface area (Å²) in [5, 5.41) is 4.47. The number of hydrogen-bond acceptors (Lipinski definition) is 3. The molecule has 2 heterocycles. The number of aromatic nitrogens is 2. The predicted molar refractivity (Wildman–Crippen MR) is 89.0 cm³/mol. The second kappa shape index (κ2) is 6.62. The van der Waals surface area contributed by atoms with E-state index in [0.717, 1.165) is 31.6 Å². The predicted octanol–water partition coefficient (Wildman–Crippen LogP) is 2.93. The van der Waals surface area contributed by atoms with Crippen LogP contribution in [0.5, 0.6) is 5.75 Å². The molecule has 0 saturated carbocycles. The number of aryl methyl sites for hydroxylation is 1. The second-order valence-corrected chi connectivity index (χ2v) is 6.22. The largest absolute Gasteiger partial charge is 0.497 e. The molecule has 0 radical (unpaired) electrons. The van der Waals surface area contributed by atoms with Crippen molar-refractivity contribution in [2.45, 2.75) is 25.3 Å². The van der Waals surface area contributed by atoms with E-state index >= 15 is 0 Å². The number of hydrogen-bond donors (Lipinski definition) is 0. The first kappa shape index (κ1) is 15.9. The standard InChI is InChI=1S/C17H20ClN3O2/c1-20-16(15(18)11-19-20)17(22)21-8-4-6-13(21)9-12-5-3-7-14(10-12)23-2/h3,5,7,10-11,13H,4,6,8-9H2,1-2H3. The van der Waals surface area contributed by atoms with Crippen molar-refractivity contribution in [2.24, 2.45) is 7.05 Å². The number of benzene rings is 1. The maximum atomic E-state index is 12.8. The topological polar surface area (TPSA) is 47.4 Å². The van der Waals surface area contributed by atoms with E-state index in [4.69, 9.17) is 16.3 Å². The molecule has 1 aliphatic rings. The fourth-order valence-electron chi connectivity index (χ4n) is 3.17. The highest BCUT2D eigenvalue weighted by Crippen LogP contribution is 2.26. The van der Waals surface area contributed by atoms with Crippen LogP contribution in [0.25, 0.3) is 0 Å². The lowest BCUT2D eigenvalue weighted by Crippen LogP contribution is -2.37. The van der Waals surface area contributed by atoms with Gasteiger partial charge in [0.1, 0.15) is 11.4 Å². The van der Waals surface area contributed by atoms with Crippen LogP contribution in [0.4, 0.5) is 0 Å². The summed E-state index contributed by atoms with van der Waals surface area (Å²) in [6.45, 7) is 0.759. The van der Waals surface area contributed by atoms with Gasteiger partial charge in [-0.05, 0) is 37.0 Å². The lowest BCUT2D eigenvalue weighted by atomic mass is 10.0. The van der Waals surface area contributed by atoms with Gasteiger partial charge < -0.3 is 9.64 Å². The Bertz CT molecular complexity index is 694. The molecule has 3 rings (SSSR count). The number of carbonyl (C=O) groups is 1. The Labute approximate surface area is 140 Å². The summed E-state index contributed by atoms with van der Waals surface area (Å²) in [5.41, 5.74) is 1.63. The third kappa shape index (κ3) is 3.20. The zero-order valence-corrected chi connectivity index (χ0v) is 14.1. The molecule has 1 atom stereocenters. The lowest BCUT2D eigenvalue weighted by Gasteiger charge is -2.25. The van der Waals surface area contributed by atoms with Crippen LogP contribution in [0.15, 0.2) is 30.5 Å². The Morgan fingerprint density at radius 1 is 1.48 bits per heavy atom. The highest BCUT2D eigenvalue weighted by Gasteiger charge is 2.32. The Balaban J connectivity index is 1.79. The molecule has 1 fully saturated rings. The molecule has 1 amide bonds. The average molecular weight is 334 g/mol. The van der Waals surface area contributed by atoms with Crippen LogP contribution in [0.1, 0.15) is 28.9 Å². The van der Waals surface area contributed by atoms with Crippen molar-refractivity contribution in [3.8, 4) is 5.75 Å². The SMILES string of the molecule is COc1cccc(CC2CCCN2C(=O)c2c(Cl)cnn2C)c1. The van der Waals surface area contributed by atoms with Crippen molar-refractivity contribution in [1.82, 2.24) is 14.7 Å². The molecule has 1 unspecified atom stereocenters. The van der Waals surface area contributed by atoms with Crippen LogP contribution < -0.4 is 4.74 Å². The van der Waals surface area contributed by atoms with Gasteiger partial charge in [-0.2, -0.15) is 5.10 Å². The average Bonchev–Trinajstić information content (AvgIpc) is 3.14. The number of methoxy groups -OCH3 is 1. The van der Waals surface area contributed by atoms with Gasteiger partial charge >= 0.3 is 0 Å².